The van der Waals surface area contributed by atoms with Crippen LogP contribution in [0.15, 0.2) is 12.1 Å². The molecule has 1 N–H and O–H groups in total. The van der Waals surface area contributed by atoms with Crippen LogP contribution in [0.4, 0.5) is 0 Å². The van der Waals surface area contributed by atoms with E-state index in [9.17, 15) is 5.11 Å². The predicted octanol–water partition coefficient (Wildman–Crippen LogP) is 4.47. The number of hydrogen-bond acceptors (Lipinski definition) is 9. The van der Waals surface area contributed by atoms with Gasteiger partial charge < -0.3 is 14.6 Å². The zero-order valence-corrected chi connectivity index (χ0v) is 24.3. The first-order valence-corrected chi connectivity index (χ1v) is 16.3. The van der Waals surface area contributed by atoms with Crippen LogP contribution in [0.1, 0.15) is 80.4 Å². The number of phenols is 1. The standard InChI is InChI=1S/C32H46N2O7/c35-30-26(20-33-5-9-36-10-6-33)18-25(19-27(30)21-34-7-11-37-12-8-34)24-1-3-31(4-2-24)38-40-32(41-39-31)28-14-22-13-23(16-28)17-29(32)15-22/h18-19,22-24,28-29,35H,1-17,20-21H2. The van der Waals surface area contributed by atoms with E-state index in [4.69, 9.17) is 29.0 Å². The molecule has 5 saturated carbocycles. The molecule has 0 radical (unpaired) electrons. The van der Waals surface area contributed by atoms with Crippen LogP contribution in [0.5, 0.6) is 5.75 Å². The quantitative estimate of drug-likeness (QED) is 0.516. The number of rotatable bonds is 5. The largest absolute Gasteiger partial charge is 0.507 e. The second kappa shape index (κ2) is 11.0. The first-order valence-electron chi connectivity index (χ1n) is 16.3. The fourth-order valence-corrected chi connectivity index (χ4v) is 9.24. The molecular formula is C32H46N2O7. The zero-order valence-electron chi connectivity index (χ0n) is 24.3. The minimum absolute atomic E-state index is 0.373. The summed E-state index contributed by atoms with van der Waals surface area (Å²) in [6, 6.07) is 4.49. The molecular weight excluding hydrogens is 524 g/mol. The summed E-state index contributed by atoms with van der Waals surface area (Å²) in [5.74, 6) is 1.73. The van der Waals surface area contributed by atoms with Crippen molar-refractivity contribution in [1.82, 2.24) is 9.80 Å². The summed E-state index contributed by atoms with van der Waals surface area (Å²) < 4.78 is 11.1. The van der Waals surface area contributed by atoms with Crippen LogP contribution in [0, 0.1) is 23.7 Å². The number of hydrogen-bond donors (Lipinski definition) is 1. The van der Waals surface area contributed by atoms with Gasteiger partial charge >= 0.3 is 0 Å². The number of aromatic hydroxyl groups is 1. The van der Waals surface area contributed by atoms with Crippen molar-refractivity contribution >= 4 is 0 Å². The summed E-state index contributed by atoms with van der Waals surface area (Å²) in [5.41, 5.74) is 3.35. The summed E-state index contributed by atoms with van der Waals surface area (Å²) in [6.07, 6.45) is 9.40. The zero-order chi connectivity index (χ0) is 27.4. The molecule has 0 amide bonds. The van der Waals surface area contributed by atoms with E-state index in [-0.39, 0.29) is 0 Å². The van der Waals surface area contributed by atoms with Crippen LogP contribution < -0.4 is 0 Å². The molecule has 1 aromatic rings. The van der Waals surface area contributed by atoms with E-state index in [0.717, 1.165) is 114 Å². The van der Waals surface area contributed by atoms with E-state index in [0.29, 0.717) is 23.5 Å². The maximum Gasteiger partial charge on any atom is 0.239 e. The van der Waals surface area contributed by atoms with Crippen LogP contribution in [0.25, 0.3) is 0 Å². The molecule has 8 fully saturated rings. The molecule has 3 aliphatic heterocycles. The van der Waals surface area contributed by atoms with Gasteiger partial charge in [0.2, 0.25) is 11.6 Å². The van der Waals surface area contributed by atoms with Crippen molar-refractivity contribution in [1.29, 1.82) is 0 Å². The lowest BCUT2D eigenvalue weighted by molar-refractivity contribution is -0.680. The lowest BCUT2D eigenvalue weighted by Gasteiger charge is -2.60. The fraction of sp³-hybridized carbons (Fsp3) is 0.812. The minimum Gasteiger partial charge on any atom is -0.507 e. The molecule has 8 aliphatic rings. The van der Waals surface area contributed by atoms with Crippen molar-refractivity contribution in [3.8, 4) is 5.75 Å². The van der Waals surface area contributed by atoms with Gasteiger partial charge in [0.25, 0.3) is 0 Å². The average Bonchev–Trinajstić information content (AvgIpc) is 3.00. The Hall–Kier alpha value is -1.30. The maximum atomic E-state index is 11.4. The van der Waals surface area contributed by atoms with Crippen molar-refractivity contribution in [3.63, 3.8) is 0 Å². The van der Waals surface area contributed by atoms with Crippen molar-refractivity contribution in [2.45, 2.75) is 88.4 Å². The molecule has 4 bridgehead atoms. The summed E-state index contributed by atoms with van der Waals surface area (Å²) in [5, 5.41) is 11.4. The Morgan fingerprint density at radius 2 is 1.17 bits per heavy atom. The first-order chi connectivity index (χ1) is 20.1. The molecule has 0 unspecified atom stereocenters. The summed E-state index contributed by atoms with van der Waals surface area (Å²) in [7, 11) is 0. The second-order valence-electron chi connectivity index (χ2n) is 14.0. The third-order valence-electron chi connectivity index (χ3n) is 11.4. The third kappa shape index (κ3) is 5.14. The normalized spacial score (nSPS) is 41.4. The van der Waals surface area contributed by atoms with Crippen molar-refractivity contribution in [3.05, 3.63) is 28.8 Å². The SMILES string of the molecule is Oc1c(CN2CCOCC2)cc(C2CCC3(CC2)OOC2(OO3)C3CC4CC(C3)CC2C4)cc1CN1CCOCC1. The Kier molecular flexibility index (Phi) is 7.32. The molecule has 3 saturated heterocycles. The lowest BCUT2D eigenvalue weighted by Crippen LogP contribution is -2.64. The number of morpholine rings is 2. The smallest absolute Gasteiger partial charge is 0.239 e. The molecule has 9 nitrogen and oxygen atoms in total. The van der Waals surface area contributed by atoms with Gasteiger partial charge in [-0.3, -0.25) is 9.80 Å². The molecule has 9 rings (SSSR count). The van der Waals surface area contributed by atoms with Crippen LogP contribution >= 0.6 is 0 Å². The van der Waals surface area contributed by atoms with E-state index in [1.165, 1.54) is 37.7 Å². The minimum atomic E-state index is -0.819. The fourth-order valence-electron chi connectivity index (χ4n) is 9.24. The lowest BCUT2D eigenvalue weighted by atomic mass is 9.53. The Morgan fingerprint density at radius 3 is 1.66 bits per heavy atom. The van der Waals surface area contributed by atoms with E-state index in [1.807, 2.05) is 0 Å². The van der Waals surface area contributed by atoms with Gasteiger partial charge in [-0.15, -0.1) is 0 Å². The highest BCUT2D eigenvalue weighted by atomic mass is 17.4. The third-order valence-corrected chi connectivity index (χ3v) is 11.4. The van der Waals surface area contributed by atoms with Gasteiger partial charge in [0.1, 0.15) is 5.75 Å². The van der Waals surface area contributed by atoms with Gasteiger partial charge in [-0.2, -0.15) is 19.6 Å². The second-order valence-corrected chi connectivity index (χ2v) is 14.0. The number of phenolic OH excluding ortho intramolecular Hbond substituents is 1. The van der Waals surface area contributed by atoms with Crippen molar-refractivity contribution < 1.29 is 34.1 Å². The summed E-state index contributed by atoms with van der Waals surface area (Å²) >= 11 is 0. The van der Waals surface area contributed by atoms with Gasteiger partial charge in [-0.25, -0.2) is 0 Å². The van der Waals surface area contributed by atoms with E-state index < -0.39 is 11.6 Å². The van der Waals surface area contributed by atoms with E-state index >= 15 is 0 Å². The Labute approximate surface area is 243 Å². The molecule has 3 heterocycles. The Morgan fingerprint density at radius 1 is 0.683 bits per heavy atom. The molecule has 0 atom stereocenters. The van der Waals surface area contributed by atoms with Crippen molar-refractivity contribution in [2.24, 2.45) is 23.7 Å². The highest BCUT2D eigenvalue weighted by Gasteiger charge is 2.64. The average molecular weight is 571 g/mol. The molecule has 1 aromatic carbocycles. The number of benzene rings is 1. The molecule has 41 heavy (non-hydrogen) atoms. The van der Waals surface area contributed by atoms with Gasteiger partial charge in [0, 0.05) is 75.1 Å². The monoisotopic (exact) mass is 570 g/mol. The molecule has 226 valence electrons. The van der Waals surface area contributed by atoms with Gasteiger partial charge in [0.05, 0.1) is 26.4 Å². The topological polar surface area (TPSA) is 82.1 Å². The Balaban J connectivity index is 0.964. The van der Waals surface area contributed by atoms with Crippen LogP contribution in [-0.4, -0.2) is 79.1 Å². The van der Waals surface area contributed by atoms with E-state index in [1.54, 1.807) is 0 Å². The number of ether oxygens (including phenoxy) is 2. The summed E-state index contributed by atoms with van der Waals surface area (Å²) in [4.78, 5) is 29.8. The van der Waals surface area contributed by atoms with E-state index in [2.05, 4.69) is 21.9 Å². The van der Waals surface area contributed by atoms with Gasteiger partial charge in [-0.05, 0) is 68.3 Å². The van der Waals surface area contributed by atoms with Crippen LogP contribution in [-0.2, 0) is 42.1 Å². The van der Waals surface area contributed by atoms with Crippen LogP contribution in [0.3, 0.4) is 0 Å². The summed E-state index contributed by atoms with van der Waals surface area (Å²) in [6.45, 7) is 8.08. The molecule has 0 aromatic heterocycles. The highest BCUT2D eigenvalue weighted by molar-refractivity contribution is 5.45. The molecule has 2 spiro atoms. The van der Waals surface area contributed by atoms with Crippen molar-refractivity contribution in [2.75, 3.05) is 52.6 Å². The number of nitrogens with zero attached hydrogens (tertiary/aromatic N) is 2. The first kappa shape index (κ1) is 27.3. The van der Waals surface area contributed by atoms with Gasteiger partial charge in [0.15, 0.2) is 0 Å². The Bertz CT molecular complexity index is 1010. The molecule has 9 heteroatoms. The highest BCUT2D eigenvalue weighted by Crippen LogP contribution is 2.62. The predicted molar refractivity (Wildman–Crippen MR) is 148 cm³/mol. The maximum absolute atomic E-state index is 11.4. The molecule has 5 aliphatic carbocycles. The van der Waals surface area contributed by atoms with Gasteiger partial charge in [-0.1, -0.05) is 12.1 Å². The van der Waals surface area contributed by atoms with Crippen LogP contribution in [0.2, 0.25) is 0 Å².